The summed E-state index contributed by atoms with van der Waals surface area (Å²) in [6, 6.07) is 7.12. The number of rotatable bonds is 3. The van der Waals surface area contributed by atoms with Gasteiger partial charge in [0.1, 0.15) is 0 Å². The summed E-state index contributed by atoms with van der Waals surface area (Å²) in [4.78, 5) is 10.6. The number of nitrogens with zero attached hydrogens (tertiary/aromatic N) is 1. The quantitative estimate of drug-likeness (QED) is 0.848. The fourth-order valence-electron chi connectivity index (χ4n) is 1.84. The molecule has 0 saturated carbocycles. The van der Waals surface area contributed by atoms with Crippen molar-refractivity contribution in [2.24, 2.45) is 0 Å². The maximum absolute atomic E-state index is 10.6. The predicted molar refractivity (Wildman–Crippen MR) is 65.9 cm³/mol. The lowest BCUT2D eigenvalue weighted by Crippen LogP contribution is -2.08. The summed E-state index contributed by atoms with van der Waals surface area (Å²) in [7, 11) is 0. The highest BCUT2D eigenvalue weighted by Crippen LogP contribution is 2.28. The number of ether oxygens (including phenoxy) is 1. The molecule has 0 aliphatic rings. The number of aryl methyl sites for hydroxylation is 1. The van der Waals surface area contributed by atoms with Crippen molar-refractivity contribution in [3.05, 3.63) is 29.3 Å². The van der Waals surface area contributed by atoms with Crippen molar-refractivity contribution in [2.75, 3.05) is 0 Å². The van der Waals surface area contributed by atoms with Gasteiger partial charge >= 0.3 is 6.16 Å². The molecule has 0 aliphatic heterocycles. The average molecular weight is 254 g/mol. The SMILES string of the molecule is CCCn1c(OC(=O)O)cc2cc(Cl)ccc21. The first kappa shape index (κ1) is 11.8. The minimum Gasteiger partial charge on any atom is -0.449 e. The van der Waals surface area contributed by atoms with E-state index in [1.165, 1.54) is 0 Å². The van der Waals surface area contributed by atoms with Crippen molar-refractivity contribution < 1.29 is 14.6 Å². The van der Waals surface area contributed by atoms with Crippen LogP contribution in [0, 0.1) is 0 Å². The maximum Gasteiger partial charge on any atom is 0.512 e. The van der Waals surface area contributed by atoms with Crippen LogP contribution in [0.3, 0.4) is 0 Å². The average Bonchev–Trinajstić information content (AvgIpc) is 2.55. The molecule has 0 unspecified atom stereocenters. The molecule has 4 nitrogen and oxygen atoms in total. The van der Waals surface area contributed by atoms with Gasteiger partial charge in [0.25, 0.3) is 0 Å². The lowest BCUT2D eigenvalue weighted by molar-refractivity contribution is 0.141. The molecule has 1 heterocycles. The summed E-state index contributed by atoms with van der Waals surface area (Å²) in [6.07, 6.45) is -0.418. The smallest absolute Gasteiger partial charge is 0.449 e. The highest BCUT2D eigenvalue weighted by atomic mass is 35.5. The molecule has 0 bridgehead atoms. The van der Waals surface area contributed by atoms with Crippen LogP contribution in [0.4, 0.5) is 4.79 Å². The Morgan fingerprint density at radius 3 is 2.88 bits per heavy atom. The van der Waals surface area contributed by atoms with Gasteiger partial charge in [-0.1, -0.05) is 18.5 Å². The first-order chi connectivity index (χ1) is 8.11. The van der Waals surface area contributed by atoms with Crippen LogP contribution < -0.4 is 4.74 Å². The maximum atomic E-state index is 10.6. The van der Waals surface area contributed by atoms with E-state index in [1.807, 2.05) is 17.6 Å². The Morgan fingerprint density at radius 2 is 2.24 bits per heavy atom. The van der Waals surface area contributed by atoms with E-state index in [0.29, 0.717) is 17.4 Å². The van der Waals surface area contributed by atoms with Crippen LogP contribution in [-0.2, 0) is 6.54 Å². The normalized spacial score (nSPS) is 10.7. The Hall–Kier alpha value is -1.68. The Bertz CT molecular complexity index is 562. The summed E-state index contributed by atoms with van der Waals surface area (Å²) in [5.74, 6) is 0.330. The second kappa shape index (κ2) is 4.67. The number of carboxylic acid groups (broad SMARTS) is 1. The minimum absolute atomic E-state index is 0.330. The number of carbonyl (C=O) groups is 1. The minimum atomic E-state index is -1.31. The second-order valence-corrected chi connectivity index (χ2v) is 4.14. The summed E-state index contributed by atoms with van der Waals surface area (Å²) in [5, 5.41) is 10.2. The van der Waals surface area contributed by atoms with Crippen molar-refractivity contribution >= 4 is 28.7 Å². The van der Waals surface area contributed by atoms with E-state index in [4.69, 9.17) is 21.4 Å². The largest absolute Gasteiger partial charge is 0.512 e. The molecule has 0 atom stereocenters. The molecule has 0 fully saturated rings. The van der Waals surface area contributed by atoms with Crippen molar-refractivity contribution in [3.63, 3.8) is 0 Å². The number of fused-ring (bicyclic) bond motifs is 1. The molecule has 1 aromatic heterocycles. The molecule has 0 spiro atoms. The predicted octanol–water partition coefficient (Wildman–Crippen LogP) is 3.76. The summed E-state index contributed by atoms with van der Waals surface area (Å²) < 4.78 is 6.59. The third kappa shape index (κ3) is 2.36. The van der Waals surface area contributed by atoms with Crippen LogP contribution in [0.5, 0.6) is 5.88 Å². The van der Waals surface area contributed by atoms with Crippen LogP contribution in [0.1, 0.15) is 13.3 Å². The van der Waals surface area contributed by atoms with Crippen molar-refractivity contribution in [1.29, 1.82) is 0 Å². The Labute approximate surface area is 103 Å². The molecule has 0 aliphatic carbocycles. The highest BCUT2D eigenvalue weighted by molar-refractivity contribution is 6.31. The van der Waals surface area contributed by atoms with E-state index in [1.54, 1.807) is 18.2 Å². The first-order valence-corrected chi connectivity index (χ1v) is 5.69. The number of aromatic nitrogens is 1. The lowest BCUT2D eigenvalue weighted by Gasteiger charge is -2.07. The van der Waals surface area contributed by atoms with Crippen LogP contribution in [0.15, 0.2) is 24.3 Å². The van der Waals surface area contributed by atoms with E-state index in [9.17, 15) is 4.79 Å². The summed E-state index contributed by atoms with van der Waals surface area (Å²) >= 11 is 5.90. The van der Waals surface area contributed by atoms with Gasteiger partial charge in [-0.05, 0) is 24.6 Å². The highest BCUT2D eigenvalue weighted by Gasteiger charge is 2.12. The van der Waals surface area contributed by atoms with Gasteiger partial charge in [-0.15, -0.1) is 0 Å². The van der Waals surface area contributed by atoms with Crippen LogP contribution in [-0.4, -0.2) is 15.8 Å². The molecule has 17 heavy (non-hydrogen) atoms. The molecule has 5 heteroatoms. The number of benzene rings is 1. The lowest BCUT2D eigenvalue weighted by atomic mass is 10.2. The topological polar surface area (TPSA) is 51.5 Å². The molecule has 1 N–H and O–H groups in total. The number of halogens is 1. The first-order valence-electron chi connectivity index (χ1n) is 5.31. The summed E-state index contributed by atoms with van der Waals surface area (Å²) in [6.45, 7) is 2.72. The van der Waals surface area contributed by atoms with Gasteiger partial charge in [0.15, 0.2) is 0 Å². The van der Waals surface area contributed by atoms with Crippen LogP contribution in [0.25, 0.3) is 10.9 Å². The summed E-state index contributed by atoms with van der Waals surface area (Å²) in [5.41, 5.74) is 0.924. The van der Waals surface area contributed by atoms with Gasteiger partial charge in [0.2, 0.25) is 5.88 Å². The second-order valence-electron chi connectivity index (χ2n) is 3.71. The van der Waals surface area contributed by atoms with Gasteiger partial charge in [-0.25, -0.2) is 4.79 Å². The fourth-order valence-corrected chi connectivity index (χ4v) is 2.03. The molecule has 2 aromatic rings. The van der Waals surface area contributed by atoms with Gasteiger partial charge in [-0.2, -0.15) is 0 Å². The fraction of sp³-hybridized carbons (Fsp3) is 0.250. The van der Waals surface area contributed by atoms with Gasteiger partial charge < -0.3 is 14.4 Å². The molecule has 0 saturated heterocycles. The monoisotopic (exact) mass is 253 g/mol. The zero-order valence-electron chi connectivity index (χ0n) is 9.31. The molecular formula is C12H12ClNO3. The van der Waals surface area contributed by atoms with Gasteiger partial charge in [-0.3, -0.25) is 0 Å². The Balaban J connectivity index is 2.56. The molecule has 0 amide bonds. The van der Waals surface area contributed by atoms with E-state index in [-0.39, 0.29) is 0 Å². The van der Waals surface area contributed by atoms with E-state index >= 15 is 0 Å². The van der Waals surface area contributed by atoms with Crippen molar-refractivity contribution in [1.82, 2.24) is 4.57 Å². The Morgan fingerprint density at radius 1 is 1.47 bits per heavy atom. The third-order valence-electron chi connectivity index (χ3n) is 2.46. The van der Waals surface area contributed by atoms with Gasteiger partial charge in [0.05, 0.1) is 5.52 Å². The molecule has 90 valence electrons. The van der Waals surface area contributed by atoms with Crippen LogP contribution >= 0.6 is 11.6 Å². The zero-order valence-corrected chi connectivity index (χ0v) is 10.1. The van der Waals surface area contributed by atoms with E-state index in [2.05, 4.69) is 0 Å². The van der Waals surface area contributed by atoms with Crippen molar-refractivity contribution in [2.45, 2.75) is 19.9 Å². The third-order valence-corrected chi connectivity index (χ3v) is 2.70. The molecule has 0 radical (unpaired) electrons. The molecule has 1 aromatic carbocycles. The standard InChI is InChI=1S/C12H12ClNO3/c1-2-5-14-10-4-3-9(13)6-8(10)7-11(14)17-12(15)16/h3-4,6-7H,2,5H2,1H3,(H,15,16). The Kier molecular flexibility index (Phi) is 3.24. The van der Waals surface area contributed by atoms with Gasteiger partial charge in [0, 0.05) is 23.0 Å². The molecular weight excluding hydrogens is 242 g/mol. The van der Waals surface area contributed by atoms with Crippen LogP contribution in [0.2, 0.25) is 5.02 Å². The number of hydrogen-bond donors (Lipinski definition) is 1. The van der Waals surface area contributed by atoms with E-state index < -0.39 is 6.16 Å². The molecule has 2 rings (SSSR count). The number of hydrogen-bond acceptors (Lipinski definition) is 2. The van der Waals surface area contributed by atoms with E-state index in [0.717, 1.165) is 17.3 Å². The van der Waals surface area contributed by atoms with Crippen molar-refractivity contribution in [3.8, 4) is 5.88 Å². The zero-order chi connectivity index (χ0) is 12.4.